The molecule has 1 amide bonds. The van der Waals surface area contributed by atoms with E-state index in [2.05, 4.69) is 0 Å². The third-order valence-electron chi connectivity index (χ3n) is 2.85. The van der Waals surface area contributed by atoms with Crippen molar-refractivity contribution in [1.29, 1.82) is 0 Å². The highest BCUT2D eigenvalue weighted by atomic mass is 16.5. The number of aliphatic carboxylic acids is 1. The summed E-state index contributed by atoms with van der Waals surface area (Å²) in [6.07, 6.45) is 2.19. The van der Waals surface area contributed by atoms with Gasteiger partial charge in [-0.1, -0.05) is 0 Å². The summed E-state index contributed by atoms with van der Waals surface area (Å²) in [4.78, 5) is 23.9. The van der Waals surface area contributed by atoms with E-state index in [1.165, 1.54) is 12.0 Å². The fourth-order valence-corrected chi connectivity index (χ4v) is 1.70. The maximum absolute atomic E-state index is 12.0. The number of amides is 1. The van der Waals surface area contributed by atoms with E-state index >= 15 is 0 Å². The standard InChI is InChI=1S/C10H18N2O4/c1-16-6-5-12(7-8(13)14)9(15)10(11)3-2-4-10/h2-7,11H2,1H3,(H,13,14). The first-order chi connectivity index (χ1) is 7.49. The molecule has 0 aliphatic heterocycles. The van der Waals surface area contributed by atoms with Gasteiger partial charge in [0.05, 0.1) is 12.1 Å². The quantitative estimate of drug-likeness (QED) is 0.637. The molecule has 0 bridgehead atoms. The topological polar surface area (TPSA) is 92.9 Å². The third kappa shape index (κ3) is 2.93. The summed E-state index contributed by atoms with van der Waals surface area (Å²) < 4.78 is 4.84. The van der Waals surface area contributed by atoms with Gasteiger partial charge in [0.25, 0.3) is 0 Å². The smallest absolute Gasteiger partial charge is 0.323 e. The van der Waals surface area contributed by atoms with E-state index in [1.807, 2.05) is 0 Å². The summed E-state index contributed by atoms with van der Waals surface area (Å²) in [7, 11) is 1.50. The number of methoxy groups -OCH3 is 1. The second kappa shape index (κ2) is 5.27. The Balaban J connectivity index is 2.59. The molecule has 6 heteroatoms. The Bertz CT molecular complexity index is 276. The van der Waals surface area contributed by atoms with Crippen molar-refractivity contribution in [3.63, 3.8) is 0 Å². The Morgan fingerprint density at radius 1 is 1.50 bits per heavy atom. The van der Waals surface area contributed by atoms with Crippen molar-refractivity contribution in [1.82, 2.24) is 4.90 Å². The molecule has 0 atom stereocenters. The van der Waals surface area contributed by atoms with Crippen molar-refractivity contribution >= 4 is 11.9 Å². The fraction of sp³-hybridized carbons (Fsp3) is 0.800. The SMILES string of the molecule is COCCN(CC(=O)O)C(=O)C1(N)CCC1. The van der Waals surface area contributed by atoms with E-state index in [4.69, 9.17) is 15.6 Å². The number of carbonyl (C=O) groups is 2. The largest absolute Gasteiger partial charge is 0.480 e. The van der Waals surface area contributed by atoms with Gasteiger partial charge in [0.2, 0.25) is 5.91 Å². The van der Waals surface area contributed by atoms with Gasteiger partial charge in [0, 0.05) is 13.7 Å². The van der Waals surface area contributed by atoms with Crippen molar-refractivity contribution in [2.75, 3.05) is 26.8 Å². The maximum atomic E-state index is 12.0. The lowest BCUT2D eigenvalue weighted by molar-refractivity contribution is -0.149. The van der Waals surface area contributed by atoms with Gasteiger partial charge in [-0.25, -0.2) is 0 Å². The van der Waals surface area contributed by atoms with Crippen molar-refractivity contribution in [2.45, 2.75) is 24.8 Å². The Hall–Kier alpha value is -1.14. The first-order valence-electron chi connectivity index (χ1n) is 5.28. The van der Waals surface area contributed by atoms with Crippen LogP contribution in [0.15, 0.2) is 0 Å². The molecule has 0 radical (unpaired) electrons. The van der Waals surface area contributed by atoms with Crippen molar-refractivity contribution in [2.24, 2.45) is 5.73 Å². The highest BCUT2D eigenvalue weighted by Crippen LogP contribution is 2.30. The molecule has 1 fully saturated rings. The van der Waals surface area contributed by atoms with Crippen molar-refractivity contribution in [3.8, 4) is 0 Å². The molecule has 16 heavy (non-hydrogen) atoms. The molecule has 1 aliphatic carbocycles. The lowest BCUT2D eigenvalue weighted by Gasteiger charge is -2.39. The molecule has 0 aromatic carbocycles. The van der Waals surface area contributed by atoms with Gasteiger partial charge in [-0.3, -0.25) is 9.59 Å². The normalized spacial score (nSPS) is 17.6. The van der Waals surface area contributed by atoms with E-state index in [0.29, 0.717) is 19.4 Å². The van der Waals surface area contributed by atoms with Crippen LogP contribution < -0.4 is 5.73 Å². The summed E-state index contributed by atoms with van der Waals surface area (Å²) in [5.41, 5.74) is 5.03. The van der Waals surface area contributed by atoms with Crippen molar-refractivity contribution < 1.29 is 19.4 Å². The number of carboxylic acid groups (broad SMARTS) is 1. The second-order valence-electron chi connectivity index (χ2n) is 4.12. The number of hydrogen-bond acceptors (Lipinski definition) is 4. The highest BCUT2D eigenvalue weighted by molar-refractivity contribution is 5.89. The molecular weight excluding hydrogens is 212 g/mol. The van der Waals surface area contributed by atoms with Crippen LogP contribution in [-0.4, -0.2) is 54.2 Å². The molecule has 0 heterocycles. The van der Waals surface area contributed by atoms with Gasteiger partial charge in [-0.05, 0) is 19.3 Å². The predicted octanol–water partition coefficient (Wildman–Crippen LogP) is -0.573. The number of rotatable bonds is 6. The zero-order valence-corrected chi connectivity index (χ0v) is 9.44. The Morgan fingerprint density at radius 2 is 2.12 bits per heavy atom. The average Bonchev–Trinajstić information content (AvgIpc) is 2.19. The molecule has 1 aliphatic rings. The highest BCUT2D eigenvalue weighted by Gasteiger charge is 2.42. The Labute approximate surface area is 94.3 Å². The van der Waals surface area contributed by atoms with E-state index in [0.717, 1.165) is 6.42 Å². The minimum atomic E-state index is -1.03. The lowest BCUT2D eigenvalue weighted by Crippen LogP contribution is -2.60. The number of nitrogens with two attached hydrogens (primary N) is 1. The molecule has 0 aromatic heterocycles. The first kappa shape index (κ1) is 12.9. The average molecular weight is 230 g/mol. The first-order valence-corrected chi connectivity index (χ1v) is 5.28. The molecule has 1 saturated carbocycles. The van der Waals surface area contributed by atoms with E-state index < -0.39 is 11.5 Å². The number of carbonyl (C=O) groups excluding carboxylic acids is 1. The monoisotopic (exact) mass is 230 g/mol. The zero-order valence-electron chi connectivity index (χ0n) is 9.44. The lowest BCUT2D eigenvalue weighted by atomic mass is 9.76. The van der Waals surface area contributed by atoms with Crippen LogP contribution in [0.4, 0.5) is 0 Å². The zero-order chi connectivity index (χ0) is 12.2. The van der Waals surface area contributed by atoms with Crippen LogP contribution in [0, 0.1) is 0 Å². The van der Waals surface area contributed by atoms with Gasteiger partial charge in [0.15, 0.2) is 0 Å². The molecular formula is C10H18N2O4. The molecule has 6 nitrogen and oxygen atoms in total. The van der Waals surface area contributed by atoms with Crippen LogP contribution in [0.3, 0.4) is 0 Å². The van der Waals surface area contributed by atoms with Gasteiger partial charge in [-0.15, -0.1) is 0 Å². The Morgan fingerprint density at radius 3 is 2.50 bits per heavy atom. The minimum Gasteiger partial charge on any atom is -0.480 e. The second-order valence-corrected chi connectivity index (χ2v) is 4.12. The molecule has 0 aromatic rings. The van der Waals surface area contributed by atoms with Crippen LogP contribution in [0.25, 0.3) is 0 Å². The maximum Gasteiger partial charge on any atom is 0.323 e. The summed E-state index contributed by atoms with van der Waals surface area (Å²) in [6, 6.07) is 0. The molecule has 1 rings (SSSR count). The number of nitrogens with zero attached hydrogens (tertiary/aromatic N) is 1. The van der Waals surface area contributed by atoms with E-state index in [1.54, 1.807) is 0 Å². The van der Waals surface area contributed by atoms with Gasteiger partial charge < -0.3 is 20.5 Å². The van der Waals surface area contributed by atoms with Crippen LogP contribution in [-0.2, 0) is 14.3 Å². The van der Waals surface area contributed by atoms with Gasteiger partial charge >= 0.3 is 5.97 Å². The summed E-state index contributed by atoms with van der Waals surface area (Å²) in [6.45, 7) is 0.261. The van der Waals surface area contributed by atoms with Crippen LogP contribution >= 0.6 is 0 Å². The summed E-state index contributed by atoms with van der Waals surface area (Å²) in [5, 5.41) is 8.71. The summed E-state index contributed by atoms with van der Waals surface area (Å²) in [5.74, 6) is -1.31. The Kier molecular flexibility index (Phi) is 4.26. The predicted molar refractivity (Wildman–Crippen MR) is 56.9 cm³/mol. The fourth-order valence-electron chi connectivity index (χ4n) is 1.70. The van der Waals surface area contributed by atoms with Crippen LogP contribution in [0.2, 0.25) is 0 Å². The molecule has 0 unspecified atom stereocenters. The van der Waals surface area contributed by atoms with E-state index in [-0.39, 0.29) is 19.0 Å². The van der Waals surface area contributed by atoms with E-state index in [9.17, 15) is 9.59 Å². The van der Waals surface area contributed by atoms with Crippen LogP contribution in [0.1, 0.15) is 19.3 Å². The summed E-state index contributed by atoms with van der Waals surface area (Å²) >= 11 is 0. The van der Waals surface area contributed by atoms with Gasteiger partial charge in [-0.2, -0.15) is 0 Å². The molecule has 3 N–H and O–H groups in total. The van der Waals surface area contributed by atoms with Crippen LogP contribution in [0.5, 0.6) is 0 Å². The minimum absolute atomic E-state index is 0.264. The third-order valence-corrected chi connectivity index (χ3v) is 2.85. The number of ether oxygens (including phenoxy) is 1. The van der Waals surface area contributed by atoms with Crippen molar-refractivity contribution in [3.05, 3.63) is 0 Å². The number of hydrogen-bond donors (Lipinski definition) is 2. The molecule has 92 valence electrons. The molecule has 0 spiro atoms. The number of carboxylic acids is 1. The van der Waals surface area contributed by atoms with Gasteiger partial charge in [0.1, 0.15) is 6.54 Å². The molecule has 0 saturated heterocycles.